The SMILES string of the molecule is CN(C)Cc1ccc(NC(=O)C(C)(C)CN)cc1. The van der Waals surface area contributed by atoms with Crippen LogP contribution in [-0.2, 0) is 11.3 Å². The van der Waals surface area contributed by atoms with Crippen molar-refractivity contribution in [2.24, 2.45) is 11.1 Å². The summed E-state index contributed by atoms with van der Waals surface area (Å²) in [4.78, 5) is 14.0. The first kappa shape index (κ1) is 14.7. The minimum Gasteiger partial charge on any atom is -0.329 e. The highest BCUT2D eigenvalue weighted by atomic mass is 16.2. The van der Waals surface area contributed by atoms with E-state index in [1.54, 1.807) is 0 Å². The fourth-order valence-electron chi connectivity index (χ4n) is 1.45. The standard InChI is InChI=1S/C14H23N3O/c1-14(2,10-15)13(18)16-12-7-5-11(6-8-12)9-17(3)4/h5-8H,9-10,15H2,1-4H3,(H,16,18). The molecule has 4 heteroatoms. The molecule has 0 radical (unpaired) electrons. The van der Waals surface area contributed by atoms with E-state index in [1.807, 2.05) is 52.2 Å². The number of hydrogen-bond donors (Lipinski definition) is 2. The van der Waals surface area contributed by atoms with Crippen molar-refractivity contribution in [3.8, 4) is 0 Å². The van der Waals surface area contributed by atoms with E-state index in [9.17, 15) is 4.79 Å². The van der Waals surface area contributed by atoms with Gasteiger partial charge in [0, 0.05) is 18.8 Å². The number of benzene rings is 1. The van der Waals surface area contributed by atoms with Crippen LogP contribution in [0.25, 0.3) is 0 Å². The van der Waals surface area contributed by atoms with Gasteiger partial charge in [-0.1, -0.05) is 12.1 Å². The van der Waals surface area contributed by atoms with Crippen LogP contribution < -0.4 is 11.1 Å². The fourth-order valence-corrected chi connectivity index (χ4v) is 1.45. The Morgan fingerprint density at radius 3 is 2.28 bits per heavy atom. The molecule has 1 aromatic carbocycles. The molecule has 0 atom stereocenters. The van der Waals surface area contributed by atoms with E-state index in [4.69, 9.17) is 5.73 Å². The van der Waals surface area contributed by atoms with E-state index < -0.39 is 5.41 Å². The summed E-state index contributed by atoms with van der Waals surface area (Å²) in [6, 6.07) is 7.88. The van der Waals surface area contributed by atoms with Crippen LogP contribution in [0.2, 0.25) is 0 Å². The molecule has 0 saturated heterocycles. The third kappa shape index (κ3) is 4.13. The maximum absolute atomic E-state index is 11.9. The van der Waals surface area contributed by atoms with Gasteiger partial charge in [-0.15, -0.1) is 0 Å². The second-order valence-electron chi connectivity index (χ2n) is 5.48. The molecule has 4 nitrogen and oxygen atoms in total. The Hall–Kier alpha value is -1.39. The van der Waals surface area contributed by atoms with Gasteiger partial charge in [-0.2, -0.15) is 0 Å². The summed E-state index contributed by atoms with van der Waals surface area (Å²) in [7, 11) is 4.05. The summed E-state index contributed by atoms with van der Waals surface area (Å²) in [5.41, 5.74) is 7.06. The third-order valence-electron chi connectivity index (χ3n) is 2.84. The summed E-state index contributed by atoms with van der Waals surface area (Å²) in [5, 5.41) is 2.88. The summed E-state index contributed by atoms with van der Waals surface area (Å²) < 4.78 is 0. The zero-order chi connectivity index (χ0) is 13.8. The third-order valence-corrected chi connectivity index (χ3v) is 2.84. The van der Waals surface area contributed by atoms with E-state index in [0.717, 1.165) is 12.2 Å². The van der Waals surface area contributed by atoms with Gasteiger partial charge in [-0.25, -0.2) is 0 Å². The number of hydrogen-bond acceptors (Lipinski definition) is 3. The smallest absolute Gasteiger partial charge is 0.231 e. The molecule has 1 rings (SSSR count). The number of nitrogens with one attached hydrogen (secondary N) is 1. The van der Waals surface area contributed by atoms with Gasteiger partial charge in [-0.05, 0) is 45.6 Å². The molecule has 0 bridgehead atoms. The zero-order valence-corrected chi connectivity index (χ0v) is 11.7. The van der Waals surface area contributed by atoms with Crippen molar-refractivity contribution in [3.05, 3.63) is 29.8 Å². The van der Waals surface area contributed by atoms with E-state index in [0.29, 0.717) is 6.54 Å². The van der Waals surface area contributed by atoms with Crippen molar-refractivity contribution >= 4 is 11.6 Å². The number of carbonyl (C=O) groups excluding carboxylic acids is 1. The monoisotopic (exact) mass is 249 g/mol. The topological polar surface area (TPSA) is 58.4 Å². The van der Waals surface area contributed by atoms with Gasteiger partial charge in [0.05, 0.1) is 5.41 Å². The molecule has 1 amide bonds. The van der Waals surface area contributed by atoms with Gasteiger partial charge in [0.1, 0.15) is 0 Å². The van der Waals surface area contributed by atoms with Crippen LogP contribution in [0.1, 0.15) is 19.4 Å². The van der Waals surface area contributed by atoms with Crippen LogP contribution in [0.5, 0.6) is 0 Å². The Balaban J connectivity index is 2.67. The quantitative estimate of drug-likeness (QED) is 0.834. The molecule has 0 spiro atoms. The Bertz CT molecular complexity index is 396. The second-order valence-corrected chi connectivity index (χ2v) is 5.48. The van der Waals surface area contributed by atoms with E-state index >= 15 is 0 Å². The van der Waals surface area contributed by atoms with Gasteiger partial charge >= 0.3 is 0 Å². The molecule has 0 aliphatic rings. The molecular weight excluding hydrogens is 226 g/mol. The van der Waals surface area contributed by atoms with Crippen molar-refractivity contribution in [1.82, 2.24) is 4.90 Å². The molecule has 0 aliphatic heterocycles. The highest BCUT2D eigenvalue weighted by Gasteiger charge is 2.25. The summed E-state index contributed by atoms with van der Waals surface area (Å²) in [5.74, 6) is -0.0506. The Morgan fingerprint density at radius 2 is 1.83 bits per heavy atom. The van der Waals surface area contributed by atoms with Crippen LogP contribution in [0.3, 0.4) is 0 Å². The number of carbonyl (C=O) groups is 1. The van der Waals surface area contributed by atoms with Crippen molar-refractivity contribution in [2.75, 3.05) is 26.0 Å². The number of nitrogens with zero attached hydrogens (tertiary/aromatic N) is 1. The molecule has 1 aromatic rings. The number of rotatable bonds is 5. The number of nitrogens with two attached hydrogens (primary N) is 1. The minimum absolute atomic E-state index is 0.0506. The van der Waals surface area contributed by atoms with Crippen LogP contribution in [0.15, 0.2) is 24.3 Å². The number of anilines is 1. The molecule has 100 valence electrons. The lowest BCUT2D eigenvalue weighted by Crippen LogP contribution is -2.37. The average molecular weight is 249 g/mol. The molecule has 18 heavy (non-hydrogen) atoms. The molecule has 0 aliphatic carbocycles. The average Bonchev–Trinajstić information content (AvgIpc) is 2.31. The van der Waals surface area contributed by atoms with Gasteiger partial charge in [0.15, 0.2) is 0 Å². The summed E-state index contributed by atoms with van der Waals surface area (Å²) in [6.07, 6.45) is 0. The molecule has 0 saturated carbocycles. The van der Waals surface area contributed by atoms with Crippen molar-refractivity contribution in [1.29, 1.82) is 0 Å². The van der Waals surface area contributed by atoms with Crippen molar-refractivity contribution < 1.29 is 4.79 Å². The maximum Gasteiger partial charge on any atom is 0.231 e. The van der Waals surface area contributed by atoms with E-state index in [2.05, 4.69) is 10.2 Å². The largest absolute Gasteiger partial charge is 0.329 e. The van der Waals surface area contributed by atoms with Crippen LogP contribution in [0.4, 0.5) is 5.69 Å². The fraction of sp³-hybridized carbons (Fsp3) is 0.500. The molecule has 3 N–H and O–H groups in total. The van der Waals surface area contributed by atoms with Gasteiger partial charge in [0.25, 0.3) is 0 Å². The normalized spacial score (nSPS) is 11.7. The molecule has 0 heterocycles. The lowest BCUT2D eigenvalue weighted by molar-refractivity contribution is -0.123. The zero-order valence-electron chi connectivity index (χ0n) is 11.7. The van der Waals surface area contributed by atoms with Gasteiger partial charge in [-0.3, -0.25) is 4.79 Å². The predicted molar refractivity (Wildman–Crippen MR) is 75.3 cm³/mol. The van der Waals surface area contributed by atoms with Gasteiger partial charge < -0.3 is 16.0 Å². The van der Waals surface area contributed by atoms with Crippen molar-refractivity contribution in [2.45, 2.75) is 20.4 Å². The Kier molecular flexibility index (Phi) is 4.87. The molecule has 0 unspecified atom stereocenters. The van der Waals surface area contributed by atoms with Crippen LogP contribution in [-0.4, -0.2) is 31.4 Å². The highest BCUT2D eigenvalue weighted by Crippen LogP contribution is 2.17. The predicted octanol–water partition coefficient (Wildman–Crippen LogP) is 1.67. The highest BCUT2D eigenvalue weighted by molar-refractivity contribution is 5.94. The first-order chi connectivity index (χ1) is 8.35. The first-order valence-electron chi connectivity index (χ1n) is 6.10. The summed E-state index contributed by atoms with van der Waals surface area (Å²) in [6.45, 7) is 4.89. The minimum atomic E-state index is -0.539. The Labute approximate surface area is 109 Å². The molecular formula is C14H23N3O. The molecule has 0 fully saturated rings. The van der Waals surface area contributed by atoms with Crippen LogP contribution in [0, 0.1) is 5.41 Å². The van der Waals surface area contributed by atoms with E-state index in [-0.39, 0.29) is 5.91 Å². The van der Waals surface area contributed by atoms with Crippen molar-refractivity contribution in [3.63, 3.8) is 0 Å². The molecule has 0 aromatic heterocycles. The lowest BCUT2D eigenvalue weighted by Gasteiger charge is -2.21. The second kappa shape index (κ2) is 5.98. The number of amides is 1. The first-order valence-corrected chi connectivity index (χ1v) is 6.10. The van der Waals surface area contributed by atoms with Gasteiger partial charge in [0.2, 0.25) is 5.91 Å². The lowest BCUT2D eigenvalue weighted by atomic mass is 9.92. The van der Waals surface area contributed by atoms with Crippen LogP contribution >= 0.6 is 0 Å². The Morgan fingerprint density at radius 1 is 1.28 bits per heavy atom. The maximum atomic E-state index is 11.9. The summed E-state index contributed by atoms with van der Waals surface area (Å²) >= 11 is 0. The van der Waals surface area contributed by atoms with E-state index in [1.165, 1.54) is 5.56 Å².